The molecule has 1 atom stereocenters. The number of hydrogen-bond donors (Lipinski definition) is 3. The SMILES string of the molecule is CC(CC(F)(F)F)N=C(N)N=C(N)N. The van der Waals surface area contributed by atoms with Gasteiger partial charge in [0.15, 0.2) is 5.96 Å². The molecule has 0 aromatic rings. The molecule has 0 saturated carbocycles. The molecule has 0 aromatic heterocycles. The maximum Gasteiger partial charge on any atom is 0.391 e. The van der Waals surface area contributed by atoms with Gasteiger partial charge in [-0.25, -0.2) is 4.99 Å². The lowest BCUT2D eigenvalue weighted by Gasteiger charge is -2.09. The Hall–Kier alpha value is -1.47. The molecule has 1 unspecified atom stereocenters. The molecule has 0 aromatic carbocycles. The Morgan fingerprint density at radius 1 is 1.29 bits per heavy atom. The van der Waals surface area contributed by atoms with E-state index in [2.05, 4.69) is 9.98 Å². The Bertz CT molecular complexity index is 240. The average molecular weight is 211 g/mol. The molecule has 8 heteroatoms. The molecule has 0 rings (SSSR count). The van der Waals surface area contributed by atoms with Gasteiger partial charge in [0, 0.05) is 0 Å². The van der Waals surface area contributed by atoms with Gasteiger partial charge in [-0.3, -0.25) is 0 Å². The minimum Gasteiger partial charge on any atom is -0.370 e. The summed E-state index contributed by atoms with van der Waals surface area (Å²) in [6, 6.07) is -1.00. The van der Waals surface area contributed by atoms with E-state index in [1.807, 2.05) is 0 Å². The van der Waals surface area contributed by atoms with Crippen LogP contribution in [0.2, 0.25) is 0 Å². The van der Waals surface area contributed by atoms with Crippen molar-refractivity contribution in [2.24, 2.45) is 27.2 Å². The molecule has 5 nitrogen and oxygen atoms in total. The van der Waals surface area contributed by atoms with Crippen LogP contribution in [-0.2, 0) is 0 Å². The quantitative estimate of drug-likeness (QED) is 0.439. The summed E-state index contributed by atoms with van der Waals surface area (Å²) >= 11 is 0. The second-order valence-electron chi connectivity index (χ2n) is 2.69. The highest BCUT2D eigenvalue weighted by Crippen LogP contribution is 2.22. The smallest absolute Gasteiger partial charge is 0.370 e. The van der Waals surface area contributed by atoms with E-state index in [1.54, 1.807) is 0 Å². The lowest BCUT2D eigenvalue weighted by molar-refractivity contribution is -0.137. The first kappa shape index (κ1) is 12.5. The Balaban J connectivity index is 4.30. The first-order valence-corrected chi connectivity index (χ1v) is 3.70. The molecule has 14 heavy (non-hydrogen) atoms. The van der Waals surface area contributed by atoms with Crippen molar-refractivity contribution in [3.05, 3.63) is 0 Å². The molecule has 0 fully saturated rings. The number of guanidine groups is 2. The molecule has 0 saturated heterocycles. The van der Waals surface area contributed by atoms with Crippen LogP contribution in [0.4, 0.5) is 13.2 Å². The van der Waals surface area contributed by atoms with Gasteiger partial charge in [0.2, 0.25) is 5.96 Å². The fourth-order valence-electron chi connectivity index (χ4n) is 0.768. The van der Waals surface area contributed by atoms with E-state index in [0.29, 0.717) is 0 Å². The lowest BCUT2D eigenvalue weighted by Crippen LogP contribution is -2.27. The third kappa shape index (κ3) is 7.19. The number of alkyl halides is 3. The van der Waals surface area contributed by atoms with Gasteiger partial charge in [-0.1, -0.05) is 0 Å². The Labute approximate surface area is 78.9 Å². The van der Waals surface area contributed by atoms with Crippen molar-refractivity contribution in [2.45, 2.75) is 25.6 Å². The zero-order valence-corrected chi connectivity index (χ0v) is 7.54. The van der Waals surface area contributed by atoms with Crippen LogP contribution < -0.4 is 17.2 Å². The van der Waals surface area contributed by atoms with Crippen LogP contribution in [0.5, 0.6) is 0 Å². The largest absolute Gasteiger partial charge is 0.391 e. The van der Waals surface area contributed by atoms with Crippen LogP contribution in [-0.4, -0.2) is 24.1 Å². The number of hydrogen-bond acceptors (Lipinski definition) is 1. The molecule has 0 aliphatic rings. The standard InChI is InChI=1S/C6H12F3N5/c1-3(2-6(7,8)9)13-5(12)14-4(10)11/h3H,2H2,1H3,(H6,10,11,12,13,14). The van der Waals surface area contributed by atoms with Crippen molar-refractivity contribution in [3.63, 3.8) is 0 Å². The normalized spacial score (nSPS) is 15.0. The third-order valence-electron chi connectivity index (χ3n) is 1.12. The van der Waals surface area contributed by atoms with Gasteiger partial charge in [-0.2, -0.15) is 18.2 Å². The van der Waals surface area contributed by atoms with Crippen LogP contribution in [0.25, 0.3) is 0 Å². The van der Waals surface area contributed by atoms with Crippen molar-refractivity contribution in [3.8, 4) is 0 Å². The number of halogens is 3. The highest BCUT2D eigenvalue weighted by molar-refractivity contribution is 5.92. The predicted octanol–water partition coefficient (Wildman–Crippen LogP) is -0.0846. The van der Waals surface area contributed by atoms with Crippen LogP contribution in [0.1, 0.15) is 13.3 Å². The van der Waals surface area contributed by atoms with E-state index in [4.69, 9.17) is 17.2 Å². The fraction of sp³-hybridized carbons (Fsp3) is 0.667. The number of rotatable bonds is 2. The third-order valence-corrected chi connectivity index (χ3v) is 1.12. The van der Waals surface area contributed by atoms with E-state index in [9.17, 15) is 13.2 Å². The molecule has 0 aliphatic carbocycles. The van der Waals surface area contributed by atoms with Crippen molar-refractivity contribution in [2.75, 3.05) is 0 Å². The Kier molecular flexibility index (Phi) is 4.19. The van der Waals surface area contributed by atoms with Crippen LogP contribution in [0, 0.1) is 0 Å². The summed E-state index contributed by atoms with van der Waals surface area (Å²) in [5, 5.41) is 0. The molecular weight excluding hydrogens is 199 g/mol. The summed E-state index contributed by atoms with van der Waals surface area (Å²) in [4.78, 5) is 6.71. The van der Waals surface area contributed by atoms with Crippen molar-refractivity contribution >= 4 is 11.9 Å². The van der Waals surface area contributed by atoms with Crippen LogP contribution in [0.3, 0.4) is 0 Å². The molecular formula is C6H12F3N5. The summed E-state index contributed by atoms with van der Waals surface area (Å²) in [7, 11) is 0. The van der Waals surface area contributed by atoms with Gasteiger partial charge in [0.1, 0.15) is 0 Å². The highest BCUT2D eigenvalue weighted by atomic mass is 19.4. The van der Waals surface area contributed by atoms with Gasteiger partial charge in [-0.15, -0.1) is 0 Å². The monoisotopic (exact) mass is 211 g/mol. The first-order chi connectivity index (χ1) is 6.20. The molecule has 0 aliphatic heterocycles. The summed E-state index contributed by atoms with van der Waals surface area (Å²) < 4.78 is 35.5. The van der Waals surface area contributed by atoms with E-state index in [0.717, 1.165) is 0 Å². The number of nitrogens with zero attached hydrogens (tertiary/aromatic N) is 2. The molecule has 6 N–H and O–H groups in total. The zero-order chi connectivity index (χ0) is 11.4. The molecule has 0 bridgehead atoms. The van der Waals surface area contributed by atoms with Crippen molar-refractivity contribution in [1.82, 2.24) is 0 Å². The predicted molar refractivity (Wildman–Crippen MR) is 47.6 cm³/mol. The topological polar surface area (TPSA) is 103 Å². The minimum absolute atomic E-state index is 0.342. The van der Waals surface area contributed by atoms with Gasteiger partial charge in [0.05, 0.1) is 12.5 Å². The fourth-order valence-corrected chi connectivity index (χ4v) is 0.768. The second-order valence-corrected chi connectivity index (χ2v) is 2.69. The zero-order valence-electron chi connectivity index (χ0n) is 7.54. The van der Waals surface area contributed by atoms with Crippen molar-refractivity contribution < 1.29 is 13.2 Å². The number of nitrogens with two attached hydrogens (primary N) is 3. The highest BCUT2D eigenvalue weighted by Gasteiger charge is 2.29. The van der Waals surface area contributed by atoms with Gasteiger partial charge in [-0.05, 0) is 6.92 Å². The maximum absolute atomic E-state index is 11.8. The second kappa shape index (κ2) is 4.68. The van der Waals surface area contributed by atoms with E-state index >= 15 is 0 Å². The minimum atomic E-state index is -4.28. The average Bonchev–Trinajstić information content (AvgIpc) is 1.77. The molecule has 82 valence electrons. The summed E-state index contributed by atoms with van der Waals surface area (Å²) in [6.07, 6.45) is -5.34. The van der Waals surface area contributed by atoms with Gasteiger partial charge < -0.3 is 17.2 Å². The van der Waals surface area contributed by atoms with Crippen LogP contribution in [0.15, 0.2) is 9.98 Å². The molecule has 0 radical (unpaired) electrons. The Morgan fingerprint density at radius 3 is 2.14 bits per heavy atom. The van der Waals surface area contributed by atoms with E-state index in [1.165, 1.54) is 6.92 Å². The van der Waals surface area contributed by atoms with E-state index < -0.39 is 18.6 Å². The summed E-state index contributed by atoms with van der Waals surface area (Å²) in [5.41, 5.74) is 15.0. The van der Waals surface area contributed by atoms with Crippen LogP contribution >= 0.6 is 0 Å². The summed E-state index contributed by atoms with van der Waals surface area (Å²) in [5.74, 6) is -0.702. The first-order valence-electron chi connectivity index (χ1n) is 3.70. The van der Waals surface area contributed by atoms with E-state index in [-0.39, 0.29) is 11.9 Å². The molecule has 0 amide bonds. The summed E-state index contributed by atoms with van der Waals surface area (Å²) in [6.45, 7) is 1.27. The number of aliphatic imine (C=N–C) groups is 2. The lowest BCUT2D eigenvalue weighted by atomic mass is 10.2. The van der Waals surface area contributed by atoms with Crippen molar-refractivity contribution in [1.29, 1.82) is 0 Å². The van der Waals surface area contributed by atoms with Gasteiger partial charge >= 0.3 is 6.18 Å². The Morgan fingerprint density at radius 2 is 1.79 bits per heavy atom. The van der Waals surface area contributed by atoms with Gasteiger partial charge in [0.25, 0.3) is 0 Å². The molecule has 0 spiro atoms. The molecule has 0 heterocycles. The maximum atomic E-state index is 11.8.